The Morgan fingerprint density at radius 1 is 1.15 bits per heavy atom. The fraction of sp³-hybridized carbons (Fsp3) is 0.167. The van der Waals surface area contributed by atoms with Crippen LogP contribution in [0.1, 0.15) is 15.9 Å². The Kier molecular flexibility index (Phi) is 7.06. The average molecular weight is 411 g/mol. The van der Waals surface area contributed by atoms with Gasteiger partial charge in [0.1, 0.15) is 0 Å². The largest absolute Gasteiger partial charge is 0.352 e. The smallest absolute Gasteiger partial charge is 0.251 e. The van der Waals surface area contributed by atoms with Crippen LogP contribution < -0.4 is 10.0 Å². The van der Waals surface area contributed by atoms with Gasteiger partial charge in [-0.15, -0.1) is 6.42 Å². The minimum Gasteiger partial charge on any atom is -0.352 e. The standard InChI is InChI=1S/C18H16Cl2N2O3S/c1-2-10-22-26(24,25)15-7-3-6-14(12-15)18(23)21-11-9-13-5-4-8-16(19)17(13)20/h1,3-8,12,22H,9-11H2,(H,21,23). The molecule has 26 heavy (non-hydrogen) atoms. The van der Waals surface area contributed by atoms with E-state index in [0.29, 0.717) is 23.0 Å². The van der Waals surface area contributed by atoms with E-state index in [-0.39, 0.29) is 17.0 Å². The van der Waals surface area contributed by atoms with E-state index in [1.54, 1.807) is 12.1 Å². The van der Waals surface area contributed by atoms with Gasteiger partial charge in [-0.3, -0.25) is 4.79 Å². The predicted octanol–water partition coefficient (Wildman–Crippen LogP) is 2.88. The molecule has 0 spiro atoms. The molecule has 136 valence electrons. The maximum atomic E-state index is 12.3. The van der Waals surface area contributed by atoms with Gasteiger partial charge in [-0.1, -0.05) is 47.3 Å². The molecule has 1 amide bonds. The molecule has 0 aliphatic carbocycles. The van der Waals surface area contributed by atoms with E-state index in [1.165, 1.54) is 24.3 Å². The van der Waals surface area contributed by atoms with Crippen molar-refractivity contribution >= 4 is 39.1 Å². The first kappa shape index (κ1) is 20.3. The summed E-state index contributed by atoms with van der Waals surface area (Å²) < 4.78 is 26.4. The monoisotopic (exact) mass is 410 g/mol. The molecular weight excluding hydrogens is 395 g/mol. The topological polar surface area (TPSA) is 75.3 Å². The number of hydrogen-bond donors (Lipinski definition) is 2. The third-order valence-electron chi connectivity index (χ3n) is 3.48. The molecule has 0 heterocycles. The molecule has 0 aromatic heterocycles. The summed E-state index contributed by atoms with van der Waals surface area (Å²) in [7, 11) is -3.76. The van der Waals surface area contributed by atoms with Gasteiger partial charge < -0.3 is 5.32 Å². The normalized spacial score (nSPS) is 11.0. The highest BCUT2D eigenvalue weighted by atomic mass is 35.5. The molecule has 2 aromatic carbocycles. The Morgan fingerprint density at radius 2 is 1.88 bits per heavy atom. The number of sulfonamides is 1. The summed E-state index contributed by atoms with van der Waals surface area (Å²) in [6, 6.07) is 11.0. The van der Waals surface area contributed by atoms with Gasteiger partial charge in [-0.2, -0.15) is 4.72 Å². The first-order valence-electron chi connectivity index (χ1n) is 7.59. The molecule has 2 N–H and O–H groups in total. The fourth-order valence-electron chi connectivity index (χ4n) is 2.18. The van der Waals surface area contributed by atoms with Crippen molar-refractivity contribution in [3.05, 3.63) is 63.6 Å². The van der Waals surface area contributed by atoms with Crippen LogP contribution in [0.15, 0.2) is 47.4 Å². The van der Waals surface area contributed by atoms with Crippen LogP contribution in [0.4, 0.5) is 0 Å². The number of benzene rings is 2. The van der Waals surface area contributed by atoms with Crippen LogP contribution in [0.5, 0.6) is 0 Å². The number of halogens is 2. The maximum absolute atomic E-state index is 12.3. The minimum absolute atomic E-state index is 0.0294. The molecule has 2 aromatic rings. The fourth-order valence-corrected chi connectivity index (χ4v) is 3.57. The maximum Gasteiger partial charge on any atom is 0.251 e. The molecule has 0 unspecified atom stereocenters. The number of carbonyl (C=O) groups is 1. The van der Waals surface area contributed by atoms with Crippen LogP contribution in [0, 0.1) is 12.3 Å². The lowest BCUT2D eigenvalue weighted by atomic mass is 10.1. The summed E-state index contributed by atoms with van der Waals surface area (Å²) >= 11 is 12.1. The number of hydrogen-bond acceptors (Lipinski definition) is 3. The Morgan fingerprint density at radius 3 is 2.62 bits per heavy atom. The zero-order chi connectivity index (χ0) is 19.2. The Bertz CT molecular complexity index is 953. The molecule has 0 bridgehead atoms. The second-order valence-corrected chi connectivity index (χ2v) is 7.83. The Hall–Kier alpha value is -2.04. The molecule has 0 saturated heterocycles. The van der Waals surface area contributed by atoms with E-state index in [1.807, 2.05) is 6.07 Å². The quantitative estimate of drug-likeness (QED) is 0.688. The van der Waals surface area contributed by atoms with Crippen molar-refractivity contribution in [1.29, 1.82) is 0 Å². The highest BCUT2D eigenvalue weighted by Gasteiger charge is 2.15. The summed E-state index contributed by atoms with van der Waals surface area (Å²) in [4.78, 5) is 12.2. The van der Waals surface area contributed by atoms with Gasteiger partial charge in [0.25, 0.3) is 5.91 Å². The van der Waals surface area contributed by atoms with Crippen LogP contribution in [-0.4, -0.2) is 27.4 Å². The van der Waals surface area contributed by atoms with E-state index in [9.17, 15) is 13.2 Å². The third kappa shape index (κ3) is 5.23. The van der Waals surface area contributed by atoms with Crippen molar-refractivity contribution in [2.45, 2.75) is 11.3 Å². The highest BCUT2D eigenvalue weighted by molar-refractivity contribution is 7.89. The SMILES string of the molecule is C#CCNS(=O)(=O)c1cccc(C(=O)NCCc2cccc(Cl)c2Cl)c1. The first-order chi connectivity index (χ1) is 12.3. The molecular formula is C18H16Cl2N2O3S. The second-order valence-electron chi connectivity index (χ2n) is 5.28. The van der Waals surface area contributed by atoms with Gasteiger partial charge in [0, 0.05) is 12.1 Å². The van der Waals surface area contributed by atoms with Gasteiger partial charge in [0.2, 0.25) is 10.0 Å². The molecule has 2 rings (SSSR count). The summed E-state index contributed by atoms with van der Waals surface area (Å²) in [6.45, 7) is 0.199. The summed E-state index contributed by atoms with van der Waals surface area (Å²) in [5.74, 6) is 1.80. The third-order valence-corrected chi connectivity index (χ3v) is 5.74. The lowest BCUT2D eigenvalue weighted by Gasteiger charge is -2.09. The lowest BCUT2D eigenvalue weighted by molar-refractivity contribution is 0.0954. The van der Waals surface area contributed by atoms with Gasteiger partial charge in [0.15, 0.2) is 0 Å². The average Bonchev–Trinajstić information content (AvgIpc) is 2.63. The second kappa shape index (κ2) is 9.06. The first-order valence-corrected chi connectivity index (χ1v) is 9.83. The zero-order valence-electron chi connectivity index (χ0n) is 13.6. The van der Waals surface area contributed by atoms with Crippen molar-refractivity contribution in [1.82, 2.24) is 10.0 Å². The molecule has 5 nitrogen and oxygen atoms in total. The van der Waals surface area contributed by atoms with Crippen molar-refractivity contribution < 1.29 is 13.2 Å². The molecule has 0 atom stereocenters. The van der Waals surface area contributed by atoms with Gasteiger partial charge in [-0.05, 0) is 36.2 Å². The van der Waals surface area contributed by atoms with Gasteiger partial charge in [0.05, 0.1) is 21.5 Å². The van der Waals surface area contributed by atoms with E-state index in [4.69, 9.17) is 29.6 Å². The highest BCUT2D eigenvalue weighted by Crippen LogP contribution is 2.25. The van der Waals surface area contributed by atoms with E-state index < -0.39 is 15.9 Å². The number of nitrogens with one attached hydrogen (secondary N) is 2. The van der Waals surface area contributed by atoms with Gasteiger partial charge in [-0.25, -0.2) is 8.42 Å². The zero-order valence-corrected chi connectivity index (χ0v) is 16.0. The summed E-state index contributed by atoms with van der Waals surface area (Å²) in [6.07, 6.45) is 5.55. The Balaban J connectivity index is 2.03. The minimum atomic E-state index is -3.76. The molecule has 0 aliphatic heterocycles. The van der Waals surface area contributed by atoms with Crippen LogP contribution in [0.25, 0.3) is 0 Å². The van der Waals surface area contributed by atoms with E-state index >= 15 is 0 Å². The summed E-state index contributed by atoms with van der Waals surface area (Å²) in [5.41, 5.74) is 1.04. The van der Waals surface area contributed by atoms with E-state index in [0.717, 1.165) is 5.56 Å². The van der Waals surface area contributed by atoms with Crippen molar-refractivity contribution in [3.8, 4) is 12.3 Å². The number of carbonyl (C=O) groups excluding carboxylic acids is 1. The summed E-state index contributed by atoms with van der Waals surface area (Å²) in [5, 5.41) is 3.63. The molecule has 0 radical (unpaired) electrons. The van der Waals surface area contributed by atoms with Crippen molar-refractivity contribution in [2.75, 3.05) is 13.1 Å². The van der Waals surface area contributed by atoms with Crippen LogP contribution in [0.3, 0.4) is 0 Å². The number of rotatable bonds is 7. The van der Waals surface area contributed by atoms with Crippen molar-refractivity contribution in [2.24, 2.45) is 0 Å². The number of terminal acetylenes is 1. The molecule has 8 heteroatoms. The molecule has 0 fully saturated rings. The van der Waals surface area contributed by atoms with Crippen molar-refractivity contribution in [3.63, 3.8) is 0 Å². The Labute approximate surface area is 162 Å². The molecule has 0 aliphatic rings. The van der Waals surface area contributed by atoms with Crippen LogP contribution in [-0.2, 0) is 16.4 Å². The molecule has 0 saturated carbocycles. The number of amides is 1. The van der Waals surface area contributed by atoms with Crippen LogP contribution >= 0.6 is 23.2 Å². The lowest BCUT2D eigenvalue weighted by Crippen LogP contribution is -2.27. The predicted molar refractivity (Wildman–Crippen MR) is 103 cm³/mol. The van der Waals surface area contributed by atoms with Crippen LogP contribution in [0.2, 0.25) is 10.0 Å². The van der Waals surface area contributed by atoms with E-state index in [2.05, 4.69) is 16.0 Å². The van der Waals surface area contributed by atoms with Gasteiger partial charge >= 0.3 is 0 Å².